The highest BCUT2D eigenvalue weighted by atomic mass is 16.5. The molecule has 1 saturated heterocycles. The molecule has 1 aromatic heterocycles. The Labute approximate surface area is 136 Å². The Balaban J connectivity index is 1.93. The second-order valence-corrected chi connectivity index (χ2v) is 5.92. The fourth-order valence-corrected chi connectivity index (χ4v) is 2.87. The van der Waals surface area contributed by atoms with E-state index < -0.39 is 0 Å². The summed E-state index contributed by atoms with van der Waals surface area (Å²) in [6.07, 6.45) is 0. The number of benzene rings is 1. The van der Waals surface area contributed by atoms with Crippen LogP contribution in [0.3, 0.4) is 0 Å². The molecule has 2 heterocycles. The molecule has 5 nitrogen and oxygen atoms in total. The highest BCUT2D eigenvalue weighted by Crippen LogP contribution is 2.22. The van der Waals surface area contributed by atoms with Gasteiger partial charge < -0.3 is 9.64 Å². The molecule has 0 aliphatic carbocycles. The number of methoxy groups -OCH3 is 1. The van der Waals surface area contributed by atoms with E-state index in [0.717, 1.165) is 49.0 Å². The molecule has 0 atom stereocenters. The number of aromatic nitrogens is 1. The fraction of sp³-hybridized carbons (Fsp3) is 0.333. The number of quaternary nitrogens is 1. The number of ether oxygens (including phenoxy) is 1. The summed E-state index contributed by atoms with van der Waals surface area (Å²) in [5.74, 6) is 1.76. The molecule has 1 aliphatic rings. The van der Waals surface area contributed by atoms with Gasteiger partial charge in [0.05, 0.1) is 14.2 Å². The van der Waals surface area contributed by atoms with Gasteiger partial charge in [-0.3, -0.25) is 0 Å². The first-order valence-corrected chi connectivity index (χ1v) is 7.88. The Morgan fingerprint density at radius 2 is 1.83 bits per heavy atom. The zero-order chi connectivity index (χ0) is 16.2. The molecule has 0 radical (unpaired) electrons. The number of pyridine rings is 1. The van der Waals surface area contributed by atoms with E-state index >= 15 is 0 Å². The van der Waals surface area contributed by atoms with Crippen molar-refractivity contribution in [2.24, 2.45) is 0 Å². The number of hydrogen-bond acceptors (Lipinski definition) is 3. The van der Waals surface area contributed by atoms with Crippen LogP contribution in [0.2, 0.25) is 0 Å². The second kappa shape index (κ2) is 6.67. The van der Waals surface area contributed by atoms with Crippen LogP contribution in [-0.4, -0.2) is 40.3 Å². The van der Waals surface area contributed by atoms with Crippen LogP contribution in [0.1, 0.15) is 5.56 Å². The molecule has 1 aliphatic heterocycles. The lowest BCUT2D eigenvalue weighted by molar-refractivity contribution is -0.880. The zero-order valence-corrected chi connectivity index (χ0v) is 13.6. The quantitative estimate of drug-likeness (QED) is 0.892. The number of piperazine rings is 1. The lowest BCUT2D eigenvalue weighted by atomic mass is 10.1. The number of aromatic amines is 1. The summed E-state index contributed by atoms with van der Waals surface area (Å²) >= 11 is 0. The molecular formula is C18H22N4O+2. The molecule has 0 bridgehead atoms. The van der Waals surface area contributed by atoms with Crippen LogP contribution in [0.4, 0.5) is 5.82 Å². The van der Waals surface area contributed by atoms with Crippen LogP contribution in [-0.2, 0) is 0 Å². The van der Waals surface area contributed by atoms with E-state index in [9.17, 15) is 5.26 Å². The lowest BCUT2D eigenvalue weighted by Gasteiger charge is -2.26. The van der Waals surface area contributed by atoms with Crippen molar-refractivity contribution in [3.63, 3.8) is 0 Å². The van der Waals surface area contributed by atoms with Crippen molar-refractivity contribution < 1.29 is 14.6 Å². The maximum atomic E-state index is 9.41. The molecule has 23 heavy (non-hydrogen) atoms. The zero-order valence-electron chi connectivity index (χ0n) is 13.6. The average Bonchev–Trinajstić information content (AvgIpc) is 2.62. The summed E-state index contributed by atoms with van der Waals surface area (Å²) in [6, 6.07) is 14.1. The van der Waals surface area contributed by atoms with E-state index in [2.05, 4.69) is 23.0 Å². The van der Waals surface area contributed by atoms with Crippen molar-refractivity contribution >= 4 is 5.82 Å². The van der Waals surface area contributed by atoms with Gasteiger partial charge in [0.25, 0.3) is 5.82 Å². The molecule has 0 spiro atoms. The van der Waals surface area contributed by atoms with Gasteiger partial charge in [0, 0.05) is 5.56 Å². The van der Waals surface area contributed by atoms with Gasteiger partial charge in [0.1, 0.15) is 49.3 Å². The Hall–Kier alpha value is -2.58. The minimum atomic E-state index is 0.696. The molecule has 2 N–H and O–H groups in total. The summed E-state index contributed by atoms with van der Waals surface area (Å²) in [6.45, 7) is 4.10. The van der Waals surface area contributed by atoms with Crippen LogP contribution in [0, 0.1) is 11.3 Å². The van der Waals surface area contributed by atoms with Crippen LogP contribution < -0.4 is 19.5 Å². The third-order valence-corrected chi connectivity index (χ3v) is 4.38. The van der Waals surface area contributed by atoms with E-state index in [1.807, 2.05) is 36.4 Å². The first-order valence-electron chi connectivity index (χ1n) is 7.88. The van der Waals surface area contributed by atoms with Gasteiger partial charge in [-0.25, -0.2) is 9.88 Å². The first kappa shape index (κ1) is 15.3. The Kier molecular flexibility index (Phi) is 4.45. The van der Waals surface area contributed by atoms with Crippen molar-refractivity contribution in [2.75, 3.05) is 45.2 Å². The SMILES string of the molecule is COc1ccc(-c2ccc(C#N)c(N3CC[NH+](C)CC3)[nH+]2)cc1. The lowest BCUT2D eigenvalue weighted by Crippen LogP contribution is -3.12. The highest BCUT2D eigenvalue weighted by Gasteiger charge is 2.27. The monoisotopic (exact) mass is 310 g/mol. The van der Waals surface area contributed by atoms with Gasteiger partial charge in [0.15, 0.2) is 0 Å². The van der Waals surface area contributed by atoms with Crippen LogP contribution in [0.15, 0.2) is 36.4 Å². The molecular weight excluding hydrogens is 288 g/mol. The van der Waals surface area contributed by atoms with Gasteiger partial charge in [0.2, 0.25) is 0 Å². The highest BCUT2D eigenvalue weighted by molar-refractivity contribution is 5.61. The normalized spacial score (nSPS) is 15.3. The van der Waals surface area contributed by atoms with E-state index in [4.69, 9.17) is 4.74 Å². The van der Waals surface area contributed by atoms with Crippen molar-refractivity contribution in [3.05, 3.63) is 42.0 Å². The van der Waals surface area contributed by atoms with E-state index in [1.54, 1.807) is 7.11 Å². The number of anilines is 1. The Bertz CT molecular complexity index is 713. The third-order valence-electron chi connectivity index (χ3n) is 4.38. The number of nitrogens with zero attached hydrogens (tertiary/aromatic N) is 2. The van der Waals surface area contributed by atoms with Gasteiger partial charge in [-0.05, 0) is 36.4 Å². The predicted octanol–water partition coefficient (Wildman–Crippen LogP) is 0.383. The minimum absolute atomic E-state index is 0.696. The fourth-order valence-electron chi connectivity index (χ4n) is 2.87. The van der Waals surface area contributed by atoms with E-state index in [1.165, 1.54) is 4.90 Å². The molecule has 0 saturated carbocycles. The standard InChI is InChI=1S/C18H20N4O/c1-21-9-11-22(12-10-21)18-15(13-19)5-8-17(20-18)14-3-6-16(23-2)7-4-14/h3-8H,9-12H2,1-2H3/p+2. The van der Waals surface area contributed by atoms with Crippen LogP contribution >= 0.6 is 0 Å². The van der Waals surface area contributed by atoms with Gasteiger partial charge in [-0.2, -0.15) is 5.26 Å². The van der Waals surface area contributed by atoms with Crippen molar-refractivity contribution in [1.29, 1.82) is 5.26 Å². The van der Waals surface area contributed by atoms with Crippen LogP contribution in [0.25, 0.3) is 11.3 Å². The number of nitriles is 1. The maximum Gasteiger partial charge on any atom is 0.293 e. The number of hydrogen-bond donors (Lipinski definition) is 1. The van der Waals surface area contributed by atoms with Crippen molar-refractivity contribution in [1.82, 2.24) is 0 Å². The average molecular weight is 310 g/mol. The summed E-state index contributed by atoms with van der Waals surface area (Å²) in [5, 5.41) is 9.41. The predicted molar refractivity (Wildman–Crippen MR) is 88.5 cm³/mol. The molecule has 0 amide bonds. The smallest absolute Gasteiger partial charge is 0.293 e. The largest absolute Gasteiger partial charge is 0.497 e. The number of rotatable bonds is 3. The summed E-state index contributed by atoms with van der Waals surface area (Å²) < 4.78 is 5.21. The van der Waals surface area contributed by atoms with Crippen molar-refractivity contribution in [3.8, 4) is 23.1 Å². The molecule has 2 aromatic rings. The first-order chi connectivity index (χ1) is 11.2. The van der Waals surface area contributed by atoms with Gasteiger partial charge in [-0.15, -0.1) is 0 Å². The topological polar surface area (TPSA) is 54.8 Å². The second-order valence-electron chi connectivity index (χ2n) is 5.92. The molecule has 118 valence electrons. The minimum Gasteiger partial charge on any atom is -0.497 e. The van der Waals surface area contributed by atoms with Crippen molar-refractivity contribution in [2.45, 2.75) is 0 Å². The Morgan fingerprint density at radius 1 is 1.13 bits per heavy atom. The summed E-state index contributed by atoms with van der Waals surface area (Å²) in [5.41, 5.74) is 2.78. The number of H-pyrrole nitrogens is 1. The molecule has 1 fully saturated rings. The summed E-state index contributed by atoms with van der Waals surface area (Å²) in [7, 11) is 3.87. The molecule has 1 aromatic carbocycles. The van der Waals surface area contributed by atoms with Gasteiger partial charge in [-0.1, -0.05) is 0 Å². The molecule has 0 unspecified atom stereocenters. The number of likely N-dealkylation sites (N-methyl/N-ethyl adjacent to an activating group) is 1. The van der Waals surface area contributed by atoms with Crippen LogP contribution in [0.5, 0.6) is 5.75 Å². The summed E-state index contributed by atoms with van der Waals surface area (Å²) in [4.78, 5) is 7.27. The third kappa shape index (κ3) is 3.27. The molecule has 5 heteroatoms. The maximum absolute atomic E-state index is 9.41. The Morgan fingerprint density at radius 3 is 2.43 bits per heavy atom. The molecule has 3 rings (SSSR count). The van der Waals surface area contributed by atoms with Gasteiger partial charge >= 0.3 is 0 Å². The van der Waals surface area contributed by atoms with E-state index in [-0.39, 0.29) is 0 Å². The number of nitrogens with one attached hydrogen (secondary N) is 2. The van der Waals surface area contributed by atoms with E-state index in [0.29, 0.717) is 5.56 Å².